The molecule has 0 saturated heterocycles. The predicted molar refractivity (Wildman–Crippen MR) is 114 cm³/mol. The van der Waals surface area contributed by atoms with E-state index in [0.29, 0.717) is 20.6 Å². The summed E-state index contributed by atoms with van der Waals surface area (Å²) in [6, 6.07) is 16.6. The van der Waals surface area contributed by atoms with Crippen molar-refractivity contribution in [3.05, 3.63) is 96.7 Å². The van der Waals surface area contributed by atoms with Crippen molar-refractivity contribution in [2.24, 2.45) is 4.99 Å². The number of aromatic nitrogens is 1. The molecule has 146 valence electrons. The molecule has 0 spiro atoms. The maximum Gasteiger partial charge on any atom is 0.271 e. The Morgan fingerprint density at radius 3 is 2.45 bits per heavy atom. The van der Waals surface area contributed by atoms with Gasteiger partial charge in [0, 0.05) is 11.3 Å². The van der Waals surface area contributed by atoms with Gasteiger partial charge < -0.3 is 4.74 Å². The summed E-state index contributed by atoms with van der Waals surface area (Å²) in [5.41, 5.74) is 2.82. The van der Waals surface area contributed by atoms with Gasteiger partial charge in [-0.25, -0.2) is 4.99 Å². The molecule has 6 heteroatoms. The molecule has 0 radical (unpaired) electrons. The number of benzene rings is 2. The highest BCUT2D eigenvalue weighted by Crippen LogP contribution is 2.31. The highest BCUT2D eigenvalue weighted by Gasteiger charge is 2.30. The molecule has 0 saturated carbocycles. The van der Waals surface area contributed by atoms with E-state index in [2.05, 4.69) is 4.99 Å². The molecular formula is C23H20N2O3S. The molecular weight excluding hydrogens is 384 g/mol. The molecule has 0 amide bonds. The lowest BCUT2D eigenvalue weighted by molar-refractivity contribution is -0.114. The van der Waals surface area contributed by atoms with Crippen molar-refractivity contribution < 1.29 is 9.53 Å². The zero-order valence-corrected chi connectivity index (χ0v) is 17.2. The summed E-state index contributed by atoms with van der Waals surface area (Å²) in [6.07, 6.45) is 1.86. The number of ether oxygens (including phenoxy) is 1. The first kappa shape index (κ1) is 19.1. The Balaban J connectivity index is 1.96. The number of hydrogen-bond acceptors (Lipinski definition) is 5. The van der Waals surface area contributed by atoms with Gasteiger partial charge in [-0.2, -0.15) is 0 Å². The minimum absolute atomic E-state index is 0.0931. The Bertz CT molecular complexity index is 1280. The molecule has 4 rings (SSSR count). The molecule has 0 bridgehead atoms. The van der Waals surface area contributed by atoms with Gasteiger partial charge in [0.1, 0.15) is 5.75 Å². The van der Waals surface area contributed by atoms with Gasteiger partial charge >= 0.3 is 0 Å². The number of carbonyl (C=O) groups is 1. The van der Waals surface area contributed by atoms with Crippen molar-refractivity contribution in [3.63, 3.8) is 0 Å². The monoisotopic (exact) mass is 404 g/mol. The summed E-state index contributed by atoms with van der Waals surface area (Å²) in [7, 11) is 1.60. The lowest BCUT2D eigenvalue weighted by Gasteiger charge is -2.24. The fraction of sp³-hybridized carbons (Fsp3) is 0.174. The maximum atomic E-state index is 13.3. The van der Waals surface area contributed by atoms with Crippen LogP contribution in [-0.4, -0.2) is 17.5 Å². The Morgan fingerprint density at radius 1 is 1.14 bits per heavy atom. The summed E-state index contributed by atoms with van der Waals surface area (Å²) < 4.78 is 7.47. The van der Waals surface area contributed by atoms with Crippen LogP contribution in [0.15, 0.2) is 75.7 Å². The van der Waals surface area contributed by atoms with Crippen molar-refractivity contribution >= 4 is 23.2 Å². The average Bonchev–Trinajstić information content (AvgIpc) is 3.02. The van der Waals surface area contributed by atoms with Crippen LogP contribution in [0, 0.1) is 0 Å². The smallest absolute Gasteiger partial charge is 0.271 e. The Labute approximate surface area is 171 Å². The SMILES string of the molecule is COc1ccc(C2C(C(C)=O)=C(C)N=c3s/c(=C/c4ccccc4)c(=O)n32)cc1. The largest absolute Gasteiger partial charge is 0.497 e. The highest BCUT2D eigenvalue weighted by atomic mass is 32.1. The second-order valence-corrected chi connectivity index (χ2v) is 7.83. The number of ketones is 1. The predicted octanol–water partition coefficient (Wildman–Crippen LogP) is 2.83. The quantitative estimate of drug-likeness (QED) is 0.672. The number of thiazole rings is 1. The Morgan fingerprint density at radius 2 is 1.83 bits per heavy atom. The number of fused-ring (bicyclic) bond motifs is 1. The van der Waals surface area contributed by atoms with E-state index in [0.717, 1.165) is 16.9 Å². The zero-order chi connectivity index (χ0) is 20.5. The number of allylic oxidation sites excluding steroid dienone is 2. The van der Waals surface area contributed by atoms with Crippen molar-refractivity contribution in [1.29, 1.82) is 0 Å². The number of nitrogens with zero attached hydrogens (tertiary/aromatic N) is 2. The minimum atomic E-state index is -0.507. The molecule has 2 heterocycles. The maximum absolute atomic E-state index is 13.3. The molecule has 0 fully saturated rings. The third-order valence-electron chi connectivity index (χ3n) is 4.93. The van der Waals surface area contributed by atoms with Crippen LogP contribution in [0.4, 0.5) is 0 Å². The summed E-state index contributed by atoms with van der Waals surface area (Å²) in [5, 5.41) is 0. The molecule has 1 aliphatic rings. The van der Waals surface area contributed by atoms with E-state index in [1.165, 1.54) is 18.3 Å². The first-order valence-electron chi connectivity index (χ1n) is 9.22. The first-order chi connectivity index (χ1) is 14.0. The van der Waals surface area contributed by atoms with Crippen LogP contribution < -0.4 is 19.6 Å². The van der Waals surface area contributed by atoms with E-state index in [9.17, 15) is 9.59 Å². The van der Waals surface area contributed by atoms with E-state index < -0.39 is 6.04 Å². The van der Waals surface area contributed by atoms with Gasteiger partial charge in [0.05, 0.1) is 17.7 Å². The van der Waals surface area contributed by atoms with Crippen molar-refractivity contribution in [3.8, 4) is 5.75 Å². The van der Waals surface area contributed by atoms with Crippen molar-refractivity contribution in [2.45, 2.75) is 19.9 Å². The molecule has 5 nitrogen and oxygen atoms in total. The molecule has 1 aromatic heterocycles. The van der Waals surface area contributed by atoms with Crippen molar-refractivity contribution in [1.82, 2.24) is 4.57 Å². The second-order valence-electron chi connectivity index (χ2n) is 6.82. The van der Waals surface area contributed by atoms with Gasteiger partial charge in [-0.05, 0) is 43.2 Å². The van der Waals surface area contributed by atoms with E-state index in [1.54, 1.807) is 11.7 Å². The number of Topliss-reactive ketones (excluding diaryl/α,β-unsaturated/α-hetero) is 1. The van der Waals surface area contributed by atoms with E-state index in [-0.39, 0.29) is 11.3 Å². The van der Waals surface area contributed by atoms with Crippen molar-refractivity contribution in [2.75, 3.05) is 7.11 Å². The van der Waals surface area contributed by atoms with Crippen LogP contribution >= 0.6 is 11.3 Å². The van der Waals surface area contributed by atoms with Gasteiger partial charge in [0.2, 0.25) is 0 Å². The van der Waals surface area contributed by atoms with Gasteiger partial charge in [-0.1, -0.05) is 53.8 Å². The van der Waals surface area contributed by atoms with Crippen LogP contribution in [0.2, 0.25) is 0 Å². The van der Waals surface area contributed by atoms with Crippen LogP contribution in [0.3, 0.4) is 0 Å². The molecule has 29 heavy (non-hydrogen) atoms. The van der Waals surface area contributed by atoms with Crippen LogP contribution in [0.5, 0.6) is 5.75 Å². The first-order valence-corrected chi connectivity index (χ1v) is 10.0. The lowest BCUT2D eigenvalue weighted by atomic mass is 9.93. The van der Waals surface area contributed by atoms with E-state index in [4.69, 9.17) is 4.74 Å². The highest BCUT2D eigenvalue weighted by molar-refractivity contribution is 7.07. The molecule has 2 aromatic carbocycles. The number of rotatable bonds is 4. The zero-order valence-electron chi connectivity index (χ0n) is 16.4. The molecule has 0 N–H and O–H groups in total. The summed E-state index contributed by atoms with van der Waals surface area (Å²) in [4.78, 5) is 31.0. The fourth-order valence-corrected chi connectivity index (χ4v) is 4.62. The Hall–Kier alpha value is -3.25. The third-order valence-corrected chi connectivity index (χ3v) is 5.91. The Kier molecular flexibility index (Phi) is 5.03. The molecule has 0 aliphatic carbocycles. The number of methoxy groups -OCH3 is 1. The van der Waals surface area contributed by atoms with Crippen LogP contribution in [-0.2, 0) is 4.79 Å². The van der Waals surface area contributed by atoms with Gasteiger partial charge in [-0.3, -0.25) is 14.2 Å². The van der Waals surface area contributed by atoms with Crippen LogP contribution in [0.1, 0.15) is 31.0 Å². The summed E-state index contributed by atoms with van der Waals surface area (Å²) in [5.74, 6) is 0.625. The molecule has 1 atom stereocenters. The summed E-state index contributed by atoms with van der Waals surface area (Å²) >= 11 is 1.34. The molecule has 3 aromatic rings. The average molecular weight is 404 g/mol. The third kappa shape index (κ3) is 3.47. The van der Waals surface area contributed by atoms with E-state index >= 15 is 0 Å². The van der Waals surface area contributed by atoms with Gasteiger partial charge in [0.15, 0.2) is 10.6 Å². The molecule has 1 unspecified atom stereocenters. The fourth-order valence-electron chi connectivity index (χ4n) is 3.57. The second kappa shape index (κ2) is 7.64. The topological polar surface area (TPSA) is 60.7 Å². The van der Waals surface area contributed by atoms with E-state index in [1.807, 2.05) is 67.6 Å². The minimum Gasteiger partial charge on any atom is -0.497 e. The van der Waals surface area contributed by atoms with Crippen LogP contribution in [0.25, 0.3) is 6.08 Å². The lowest BCUT2D eigenvalue weighted by Crippen LogP contribution is -2.39. The normalized spacial score (nSPS) is 16.4. The van der Waals surface area contributed by atoms with Gasteiger partial charge in [0.25, 0.3) is 5.56 Å². The number of hydrogen-bond donors (Lipinski definition) is 0. The molecule has 1 aliphatic heterocycles. The van der Waals surface area contributed by atoms with Gasteiger partial charge in [-0.15, -0.1) is 0 Å². The summed E-state index contributed by atoms with van der Waals surface area (Å²) in [6.45, 7) is 3.34. The number of carbonyl (C=O) groups excluding carboxylic acids is 1. The standard InChI is InChI=1S/C23H20N2O3S/c1-14-20(15(2)26)21(17-9-11-18(28-3)12-10-17)25-22(27)19(29-23(25)24-14)13-16-7-5-4-6-8-16/h4-13,21H,1-3H3/b19-13+.